The monoisotopic (exact) mass is 430 g/mol. The highest BCUT2D eigenvalue weighted by Gasteiger charge is 2.27. The number of benzene rings is 2. The molecular formula is C25H26N4O3. The quantitative estimate of drug-likeness (QED) is 0.665. The number of carbonyl (C=O) groups excluding carboxylic acids is 1. The summed E-state index contributed by atoms with van der Waals surface area (Å²) >= 11 is 0. The van der Waals surface area contributed by atoms with E-state index in [4.69, 9.17) is 9.47 Å². The molecule has 5 rings (SSSR count). The Morgan fingerprint density at radius 3 is 2.66 bits per heavy atom. The molecular weight excluding hydrogens is 404 g/mol. The standard InChI is InChI=1S/C25H26N4O3/c1-17-4-7-19(8-5-17)21-13-27-25(28-14-21)29-10-2-3-20(15-29)24(30)26-12-18-6-9-22-23(11-18)32-16-31-22/h4-9,11,13-14,20H,2-3,10,12,15-16H2,1H3,(H,26,30)/t20-/m0/s1. The lowest BCUT2D eigenvalue weighted by atomic mass is 9.97. The predicted octanol–water partition coefficient (Wildman–Crippen LogP) is 3.71. The van der Waals surface area contributed by atoms with Crippen LogP contribution in [-0.2, 0) is 11.3 Å². The van der Waals surface area contributed by atoms with Crippen LogP contribution in [0.3, 0.4) is 0 Å². The number of hydrogen-bond donors (Lipinski definition) is 1. The average Bonchev–Trinajstić information content (AvgIpc) is 3.31. The van der Waals surface area contributed by atoms with Crippen LogP contribution in [0.4, 0.5) is 5.95 Å². The molecule has 3 aromatic rings. The molecule has 0 spiro atoms. The largest absolute Gasteiger partial charge is 0.454 e. The third kappa shape index (κ3) is 4.37. The number of carbonyl (C=O) groups is 1. The van der Waals surface area contributed by atoms with E-state index < -0.39 is 0 Å². The lowest BCUT2D eigenvalue weighted by Crippen LogP contribution is -2.43. The van der Waals surface area contributed by atoms with Gasteiger partial charge in [0, 0.05) is 37.6 Å². The molecule has 7 heteroatoms. The van der Waals surface area contributed by atoms with Gasteiger partial charge in [0.2, 0.25) is 18.6 Å². The van der Waals surface area contributed by atoms with E-state index in [9.17, 15) is 4.79 Å². The zero-order valence-electron chi connectivity index (χ0n) is 18.1. The van der Waals surface area contributed by atoms with Gasteiger partial charge in [0.15, 0.2) is 11.5 Å². The van der Waals surface area contributed by atoms with E-state index in [1.807, 2.05) is 30.6 Å². The predicted molar refractivity (Wildman–Crippen MR) is 122 cm³/mol. The van der Waals surface area contributed by atoms with Crippen LogP contribution in [0.1, 0.15) is 24.0 Å². The van der Waals surface area contributed by atoms with Gasteiger partial charge in [0.05, 0.1) is 5.92 Å². The molecule has 0 radical (unpaired) electrons. The molecule has 32 heavy (non-hydrogen) atoms. The van der Waals surface area contributed by atoms with Crippen molar-refractivity contribution in [3.63, 3.8) is 0 Å². The summed E-state index contributed by atoms with van der Waals surface area (Å²) in [5.74, 6) is 2.12. The van der Waals surface area contributed by atoms with Crippen LogP contribution in [0.2, 0.25) is 0 Å². The molecule has 7 nitrogen and oxygen atoms in total. The van der Waals surface area contributed by atoms with E-state index in [0.29, 0.717) is 19.0 Å². The second-order valence-corrected chi connectivity index (χ2v) is 8.33. The van der Waals surface area contributed by atoms with E-state index in [-0.39, 0.29) is 18.6 Å². The molecule has 2 aliphatic rings. The van der Waals surface area contributed by atoms with Crippen LogP contribution >= 0.6 is 0 Å². The maximum Gasteiger partial charge on any atom is 0.231 e. The van der Waals surface area contributed by atoms with Crippen molar-refractivity contribution in [1.29, 1.82) is 0 Å². The topological polar surface area (TPSA) is 76.6 Å². The third-order valence-electron chi connectivity index (χ3n) is 6.00. The van der Waals surface area contributed by atoms with Crippen molar-refractivity contribution in [2.45, 2.75) is 26.3 Å². The van der Waals surface area contributed by atoms with Gasteiger partial charge in [0.25, 0.3) is 0 Å². The SMILES string of the molecule is Cc1ccc(-c2cnc(N3CCC[C@H](C(=O)NCc4ccc5c(c4)OCO5)C3)nc2)cc1. The summed E-state index contributed by atoms with van der Waals surface area (Å²) in [4.78, 5) is 24.1. The van der Waals surface area contributed by atoms with Crippen molar-refractivity contribution < 1.29 is 14.3 Å². The van der Waals surface area contributed by atoms with E-state index in [0.717, 1.165) is 47.6 Å². The fraction of sp³-hybridized carbons (Fsp3) is 0.320. The first kappa shape index (κ1) is 20.3. The summed E-state index contributed by atoms with van der Waals surface area (Å²) in [6.45, 7) is 4.26. The lowest BCUT2D eigenvalue weighted by Gasteiger charge is -2.32. The Kier molecular flexibility index (Phi) is 5.62. The number of rotatable bonds is 5. The van der Waals surface area contributed by atoms with Gasteiger partial charge in [0.1, 0.15) is 0 Å². The molecule has 1 N–H and O–H groups in total. The number of hydrogen-bond acceptors (Lipinski definition) is 6. The minimum Gasteiger partial charge on any atom is -0.454 e. The van der Waals surface area contributed by atoms with Gasteiger partial charge >= 0.3 is 0 Å². The van der Waals surface area contributed by atoms with Crippen molar-refractivity contribution in [1.82, 2.24) is 15.3 Å². The average molecular weight is 431 g/mol. The first-order valence-electron chi connectivity index (χ1n) is 11.0. The van der Waals surface area contributed by atoms with Crippen LogP contribution in [0.5, 0.6) is 11.5 Å². The second-order valence-electron chi connectivity index (χ2n) is 8.33. The van der Waals surface area contributed by atoms with E-state index >= 15 is 0 Å². The number of ether oxygens (including phenoxy) is 2. The zero-order valence-corrected chi connectivity index (χ0v) is 18.1. The Balaban J connectivity index is 1.19. The number of aryl methyl sites for hydroxylation is 1. The third-order valence-corrected chi connectivity index (χ3v) is 6.00. The number of nitrogens with zero attached hydrogens (tertiary/aromatic N) is 3. The van der Waals surface area contributed by atoms with Crippen LogP contribution in [0, 0.1) is 12.8 Å². The summed E-state index contributed by atoms with van der Waals surface area (Å²) in [6, 6.07) is 14.1. The second kappa shape index (κ2) is 8.86. The summed E-state index contributed by atoms with van der Waals surface area (Å²) in [6.07, 6.45) is 5.52. The summed E-state index contributed by atoms with van der Waals surface area (Å²) < 4.78 is 10.7. The van der Waals surface area contributed by atoms with Gasteiger partial charge in [-0.15, -0.1) is 0 Å². The van der Waals surface area contributed by atoms with Gasteiger partial charge in [-0.25, -0.2) is 9.97 Å². The molecule has 0 unspecified atom stereocenters. The highest BCUT2D eigenvalue weighted by Crippen LogP contribution is 2.32. The Morgan fingerprint density at radius 1 is 1.06 bits per heavy atom. The van der Waals surface area contributed by atoms with Crippen molar-refractivity contribution in [3.05, 3.63) is 66.0 Å². The fourth-order valence-electron chi connectivity index (χ4n) is 4.14. The number of anilines is 1. The Morgan fingerprint density at radius 2 is 1.84 bits per heavy atom. The summed E-state index contributed by atoms with van der Waals surface area (Å²) in [5, 5.41) is 3.06. The van der Waals surface area contributed by atoms with Gasteiger partial charge in [-0.05, 0) is 43.0 Å². The van der Waals surface area contributed by atoms with Crippen molar-refractivity contribution in [2.24, 2.45) is 5.92 Å². The number of fused-ring (bicyclic) bond motifs is 1. The maximum absolute atomic E-state index is 12.8. The number of aromatic nitrogens is 2. The molecule has 1 fully saturated rings. The minimum absolute atomic E-state index is 0.0589. The number of amides is 1. The highest BCUT2D eigenvalue weighted by atomic mass is 16.7. The molecule has 1 amide bonds. The summed E-state index contributed by atoms with van der Waals surface area (Å²) in [5.41, 5.74) is 4.30. The van der Waals surface area contributed by atoms with Crippen molar-refractivity contribution in [3.8, 4) is 22.6 Å². The van der Waals surface area contributed by atoms with E-state index in [1.54, 1.807) is 0 Å². The molecule has 164 valence electrons. The Labute approximate surface area is 187 Å². The first-order valence-corrected chi connectivity index (χ1v) is 11.0. The number of nitrogens with one attached hydrogen (secondary N) is 1. The van der Waals surface area contributed by atoms with Crippen LogP contribution in [-0.4, -0.2) is 35.8 Å². The zero-order chi connectivity index (χ0) is 21.9. The highest BCUT2D eigenvalue weighted by molar-refractivity contribution is 5.79. The molecule has 2 aliphatic heterocycles. The first-order chi connectivity index (χ1) is 15.7. The van der Waals surface area contributed by atoms with Crippen LogP contribution in [0.25, 0.3) is 11.1 Å². The molecule has 1 atom stereocenters. The molecule has 0 bridgehead atoms. The van der Waals surface area contributed by atoms with Crippen LogP contribution < -0.4 is 19.7 Å². The maximum atomic E-state index is 12.8. The van der Waals surface area contributed by atoms with E-state index in [2.05, 4.69) is 51.4 Å². The van der Waals surface area contributed by atoms with Crippen molar-refractivity contribution >= 4 is 11.9 Å². The Bertz CT molecular complexity index is 1100. The molecule has 0 saturated carbocycles. The molecule has 0 aliphatic carbocycles. The molecule has 1 aromatic heterocycles. The van der Waals surface area contributed by atoms with Gasteiger partial charge < -0.3 is 19.7 Å². The molecule has 3 heterocycles. The fourth-order valence-corrected chi connectivity index (χ4v) is 4.14. The van der Waals surface area contributed by atoms with Gasteiger partial charge in [-0.2, -0.15) is 0 Å². The van der Waals surface area contributed by atoms with Gasteiger partial charge in [-0.1, -0.05) is 35.9 Å². The van der Waals surface area contributed by atoms with E-state index in [1.165, 1.54) is 5.56 Å². The van der Waals surface area contributed by atoms with Gasteiger partial charge in [-0.3, -0.25) is 4.79 Å². The minimum atomic E-state index is -0.0851. The van der Waals surface area contributed by atoms with Crippen LogP contribution in [0.15, 0.2) is 54.9 Å². The lowest BCUT2D eigenvalue weighted by molar-refractivity contribution is -0.125. The van der Waals surface area contributed by atoms with Crippen molar-refractivity contribution in [2.75, 3.05) is 24.8 Å². The summed E-state index contributed by atoms with van der Waals surface area (Å²) in [7, 11) is 0. The Hall–Kier alpha value is -3.61. The number of piperidine rings is 1. The normalized spacial score (nSPS) is 17.3. The molecule has 2 aromatic carbocycles. The molecule has 1 saturated heterocycles. The smallest absolute Gasteiger partial charge is 0.231 e.